The molecule has 3 N–H and O–H groups in total. The molecule has 1 amide bonds. The van der Waals surface area contributed by atoms with E-state index in [0.717, 1.165) is 0 Å². The molecule has 4 aromatic carbocycles. The fraction of sp³-hybridized carbons (Fsp3) is 0.115. The number of nitrogens with one attached hydrogen (secondary N) is 1. The van der Waals surface area contributed by atoms with Crippen LogP contribution < -0.4 is 10.1 Å². The van der Waals surface area contributed by atoms with Crippen molar-refractivity contribution in [2.75, 3.05) is 12.4 Å². The van der Waals surface area contributed by atoms with Crippen molar-refractivity contribution in [2.24, 2.45) is 10.2 Å². The van der Waals surface area contributed by atoms with E-state index in [0.29, 0.717) is 34.2 Å². The quantitative estimate of drug-likeness (QED) is 0.156. The molecule has 0 aliphatic carbocycles. The van der Waals surface area contributed by atoms with Crippen molar-refractivity contribution >= 4 is 67.1 Å². The second kappa shape index (κ2) is 11.0. The van der Waals surface area contributed by atoms with Crippen LogP contribution in [0.5, 0.6) is 11.5 Å². The van der Waals surface area contributed by atoms with Crippen LogP contribution in [0.4, 0.5) is 17.1 Å². The van der Waals surface area contributed by atoms with Crippen LogP contribution in [-0.4, -0.2) is 31.1 Å². The molecule has 12 heteroatoms. The summed E-state index contributed by atoms with van der Waals surface area (Å²) in [6.07, 6.45) is 0.355. The summed E-state index contributed by atoms with van der Waals surface area (Å²) < 4.78 is 39.0. The Hall–Kier alpha value is -3.70. The van der Waals surface area contributed by atoms with Gasteiger partial charge in [-0.05, 0) is 47.7 Å². The SMILES string of the molecule is CCc1ccc(Cl)c(S(=O)(=O)O)c1N=Nc1c(O)c(C(=O)Nc2ccc(OC)c(Cl)c2)cc2ccccc12. The third-order valence-corrected chi connectivity index (χ3v) is 7.36. The molecule has 0 fully saturated rings. The lowest BCUT2D eigenvalue weighted by molar-refractivity contribution is 0.102. The molecule has 0 bridgehead atoms. The zero-order valence-electron chi connectivity index (χ0n) is 20.1. The zero-order valence-corrected chi connectivity index (χ0v) is 22.4. The summed E-state index contributed by atoms with van der Waals surface area (Å²) in [7, 11) is -3.28. The molecule has 0 aliphatic heterocycles. The van der Waals surface area contributed by atoms with E-state index in [4.69, 9.17) is 27.9 Å². The van der Waals surface area contributed by atoms with Gasteiger partial charge >= 0.3 is 0 Å². The Bertz CT molecular complexity index is 1710. The van der Waals surface area contributed by atoms with Crippen LogP contribution in [0.3, 0.4) is 0 Å². The standard InChI is InChI=1S/C26H21Cl2N3O6S/c1-3-14-8-10-19(27)25(38(34,35)36)22(14)30-31-23-17-7-5-4-6-15(17)12-18(24(23)32)26(33)29-16-9-11-21(37-2)20(28)13-16/h4-13,32H,3H2,1-2H3,(H,29,33)(H,34,35,36). The number of azo groups is 1. The number of aryl methyl sites for hydroxylation is 1. The Morgan fingerprint density at radius 3 is 2.37 bits per heavy atom. The fourth-order valence-electron chi connectivity index (χ4n) is 3.86. The van der Waals surface area contributed by atoms with Gasteiger partial charge in [-0.15, -0.1) is 10.2 Å². The first kappa shape index (κ1) is 27.3. The van der Waals surface area contributed by atoms with Gasteiger partial charge in [-0.2, -0.15) is 8.42 Å². The largest absolute Gasteiger partial charge is 0.505 e. The summed E-state index contributed by atoms with van der Waals surface area (Å²) in [5, 5.41) is 23.1. The first-order chi connectivity index (χ1) is 18.0. The van der Waals surface area contributed by atoms with Gasteiger partial charge < -0.3 is 15.2 Å². The summed E-state index contributed by atoms with van der Waals surface area (Å²) in [6.45, 7) is 1.76. The van der Waals surface area contributed by atoms with Crippen molar-refractivity contribution in [1.82, 2.24) is 0 Å². The maximum atomic E-state index is 13.2. The molecule has 0 atom stereocenters. The normalized spacial score (nSPS) is 11.7. The lowest BCUT2D eigenvalue weighted by Gasteiger charge is -2.13. The number of rotatable bonds is 7. The van der Waals surface area contributed by atoms with E-state index in [-0.39, 0.29) is 27.0 Å². The number of aromatic hydroxyl groups is 1. The average molecular weight is 574 g/mol. The van der Waals surface area contributed by atoms with Gasteiger partial charge in [-0.1, -0.05) is 60.5 Å². The van der Waals surface area contributed by atoms with Gasteiger partial charge in [-0.3, -0.25) is 9.35 Å². The molecule has 0 aliphatic rings. The first-order valence-electron chi connectivity index (χ1n) is 11.1. The number of carbonyl (C=O) groups is 1. The smallest absolute Gasteiger partial charge is 0.298 e. The van der Waals surface area contributed by atoms with Gasteiger partial charge in [0, 0.05) is 11.1 Å². The molecular weight excluding hydrogens is 553 g/mol. The number of hydrogen-bond donors (Lipinski definition) is 3. The third-order valence-electron chi connectivity index (χ3n) is 5.71. The molecule has 0 heterocycles. The van der Waals surface area contributed by atoms with Crippen LogP contribution in [0.2, 0.25) is 10.0 Å². The number of amides is 1. The van der Waals surface area contributed by atoms with Crippen molar-refractivity contribution in [3.8, 4) is 11.5 Å². The van der Waals surface area contributed by atoms with Crippen molar-refractivity contribution < 1.29 is 27.6 Å². The van der Waals surface area contributed by atoms with Gasteiger partial charge in [-0.25, -0.2) is 0 Å². The Balaban J connectivity index is 1.85. The van der Waals surface area contributed by atoms with E-state index in [1.54, 1.807) is 49.4 Å². The molecule has 196 valence electrons. The highest BCUT2D eigenvalue weighted by molar-refractivity contribution is 7.86. The minimum atomic E-state index is -4.75. The van der Waals surface area contributed by atoms with Crippen LogP contribution >= 0.6 is 23.2 Å². The number of anilines is 1. The van der Waals surface area contributed by atoms with Crippen molar-refractivity contribution in [3.63, 3.8) is 0 Å². The van der Waals surface area contributed by atoms with Gasteiger partial charge in [0.1, 0.15) is 22.0 Å². The van der Waals surface area contributed by atoms with Crippen LogP contribution in [0, 0.1) is 0 Å². The summed E-state index contributed by atoms with van der Waals surface area (Å²) >= 11 is 12.2. The Morgan fingerprint density at radius 2 is 1.71 bits per heavy atom. The monoisotopic (exact) mass is 573 g/mol. The number of ether oxygens (including phenoxy) is 1. The van der Waals surface area contributed by atoms with E-state index in [2.05, 4.69) is 15.5 Å². The molecule has 4 aromatic rings. The summed E-state index contributed by atoms with van der Waals surface area (Å²) in [5.74, 6) is -0.711. The minimum Gasteiger partial charge on any atom is -0.505 e. The van der Waals surface area contributed by atoms with Crippen LogP contribution in [0.25, 0.3) is 10.8 Å². The molecule has 0 spiro atoms. The first-order valence-corrected chi connectivity index (χ1v) is 13.3. The van der Waals surface area contributed by atoms with E-state index in [1.165, 1.54) is 25.3 Å². The van der Waals surface area contributed by atoms with Gasteiger partial charge in [0.05, 0.1) is 22.7 Å². The van der Waals surface area contributed by atoms with E-state index in [9.17, 15) is 22.9 Å². The van der Waals surface area contributed by atoms with Crippen molar-refractivity contribution in [3.05, 3.63) is 81.8 Å². The Kier molecular flexibility index (Phi) is 7.89. The summed E-state index contributed by atoms with van der Waals surface area (Å²) in [6, 6.07) is 15.9. The Labute approximate surface area is 228 Å². The summed E-state index contributed by atoms with van der Waals surface area (Å²) in [4.78, 5) is 12.6. The lowest BCUT2D eigenvalue weighted by atomic mass is 10.0. The number of benzene rings is 4. The topological polar surface area (TPSA) is 138 Å². The second-order valence-electron chi connectivity index (χ2n) is 8.06. The molecule has 9 nitrogen and oxygen atoms in total. The molecule has 0 unspecified atom stereocenters. The number of methoxy groups -OCH3 is 1. The highest BCUT2D eigenvalue weighted by Crippen LogP contribution is 2.42. The predicted molar refractivity (Wildman–Crippen MR) is 146 cm³/mol. The van der Waals surface area contributed by atoms with Crippen LogP contribution in [0.1, 0.15) is 22.8 Å². The van der Waals surface area contributed by atoms with Crippen LogP contribution in [0.15, 0.2) is 75.8 Å². The van der Waals surface area contributed by atoms with E-state index >= 15 is 0 Å². The number of fused-ring (bicyclic) bond motifs is 1. The maximum Gasteiger partial charge on any atom is 0.298 e. The van der Waals surface area contributed by atoms with E-state index in [1.807, 2.05) is 0 Å². The number of carbonyl (C=O) groups excluding carboxylic acids is 1. The molecule has 0 radical (unpaired) electrons. The van der Waals surface area contributed by atoms with Crippen LogP contribution in [-0.2, 0) is 16.5 Å². The number of phenols is 1. The predicted octanol–water partition coefficient (Wildman–Crippen LogP) is 7.34. The molecule has 0 saturated carbocycles. The molecule has 0 saturated heterocycles. The number of phenolic OH excluding ortho intramolecular Hbond substituents is 1. The minimum absolute atomic E-state index is 0.0793. The second-order valence-corrected chi connectivity index (χ2v) is 10.2. The number of nitrogens with zero attached hydrogens (tertiary/aromatic N) is 2. The highest BCUT2D eigenvalue weighted by Gasteiger charge is 2.24. The maximum absolute atomic E-state index is 13.2. The van der Waals surface area contributed by atoms with Gasteiger partial charge in [0.15, 0.2) is 5.75 Å². The molecule has 38 heavy (non-hydrogen) atoms. The Morgan fingerprint density at radius 1 is 1.00 bits per heavy atom. The van der Waals surface area contributed by atoms with E-state index < -0.39 is 26.7 Å². The van der Waals surface area contributed by atoms with Gasteiger partial charge in [0.2, 0.25) is 0 Å². The van der Waals surface area contributed by atoms with Crippen molar-refractivity contribution in [1.29, 1.82) is 0 Å². The average Bonchev–Trinajstić information content (AvgIpc) is 2.87. The number of hydrogen-bond acceptors (Lipinski definition) is 7. The molecule has 4 rings (SSSR count). The van der Waals surface area contributed by atoms with Gasteiger partial charge in [0.25, 0.3) is 16.0 Å². The van der Waals surface area contributed by atoms with Crippen molar-refractivity contribution in [2.45, 2.75) is 18.2 Å². The number of halogens is 2. The zero-order chi connectivity index (χ0) is 27.6. The molecular formula is C26H21Cl2N3O6S. The summed E-state index contributed by atoms with van der Waals surface area (Å²) in [5.41, 5.74) is 0.445. The highest BCUT2D eigenvalue weighted by atomic mass is 35.5. The molecule has 0 aromatic heterocycles. The third kappa shape index (κ3) is 5.44. The fourth-order valence-corrected chi connectivity index (χ4v) is 5.30. The lowest BCUT2D eigenvalue weighted by Crippen LogP contribution is -2.12.